The number of rotatable bonds is 6. The van der Waals surface area contributed by atoms with E-state index in [1.165, 1.54) is 64.2 Å². The molecule has 20 heavy (non-hydrogen) atoms. The number of ether oxygens (including phenoxy) is 1. The molecule has 0 heterocycles. The second-order valence-electron chi connectivity index (χ2n) is 7.17. The van der Waals surface area contributed by atoms with Crippen LogP contribution in [0.2, 0.25) is 0 Å². The van der Waals surface area contributed by atoms with Crippen LogP contribution in [-0.2, 0) is 4.74 Å². The molecule has 0 N–H and O–H groups in total. The lowest BCUT2D eigenvalue weighted by atomic mass is 9.81. The highest BCUT2D eigenvalue weighted by Crippen LogP contribution is 2.31. The van der Waals surface area contributed by atoms with Crippen molar-refractivity contribution >= 4 is 0 Å². The topological polar surface area (TPSA) is 9.23 Å². The van der Waals surface area contributed by atoms with Gasteiger partial charge in [0.1, 0.15) is 0 Å². The van der Waals surface area contributed by atoms with Crippen LogP contribution >= 0.6 is 0 Å². The minimum atomic E-state index is 0.557. The highest BCUT2D eigenvalue weighted by molar-refractivity contribution is 4.96. The molecule has 1 heteroatoms. The van der Waals surface area contributed by atoms with E-state index in [0.717, 1.165) is 24.4 Å². The molecule has 0 amide bonds. The van der Waals surface area contributed by atoms with Gasteiger partial charge in [0.05, 0.1) is 6.10 Å². The Bertz CT molecular complexity index is 267. The van der Waals surface area contributed by atoms with Crippen molar-refractivity contribution in [1.82, 2.24) is 0 Å². The first kappa shape index (κ1) is 16.1. The van der Waals surface area contributed by atoms with Gasteiger partial charge in [-0.3, -0.25) is 0 Å². The molecule has 0 bridgehead atoms. The van der Waals surface area contributed by atoms with Crippen LogP contribution in [0, 0.1) is 17.8 Å². The summed E-state index contributed by atoms with van der Waals surface area (Å²) < 4.78 is 5.95. The van der Waals surface area contributed by atoms with Gasteiger partial charge in [-0.15, -0.1) is 0 Å². The third-order valence-electron chi connectivity index (χ3n) is 5.29. The minimum Gasteiger partial charge on any atom is -0.378 e. The third kappa shape index (κ3) is 5.60. The Balaban J connectivity index is 1.61. The average molecular weight is 278 g/mol. The van der Waals surface area contributed by atoms with Crippen molar-refractivity contribution in [3.05, 3.63) is 12.2 Å². The minimum absolute atomic E-state index is 0.557. The lowest BCUT2D eigenvalue weighted by Crippen LogP contribution is -2.21. The molecular weight excluding hydrogens is 244 g/mol. The van der Waals surface area contributed by atoms with Gasteiger partial charge in [-0.2, -0.15) is 0 Å². The fraction of sp³-hybridized carbons (Fsp3) is 0.895. The maximum absolute atomic E-state index is 5.95. The van der Waals surface area contributed by atoms with Crippen molar-refractivity contribution in [2.24, 2.45) is 17.8 Å². The van der Waals surface area contributed by atoms with Crippen molar-refractivity contribution in [2.45, 2.75) is 84.2 Å². The van der Waals surface area contributed by atoms with Gasteiger partial charge >= 0.3 is 0 Å². The van der Waals surface area contributed by atoms with Crippen LogP contribution in [-0.4, -0.2) is 12.7 Å². The fourth-order valence-corrected chi connectivity index (χ4v) is 3.63. The van der Waals surface area contributed by atoms with Crippen molar-refractivity contribution in [2.75, 3.05) is 6.61 Å². The second kappa shape index (κ2) is 8.87. The van der Waals surface area contributed by atoms with E-state index in [1.807, 2.05) is 0 Å². The SMILES string of the molecule is CCCCOC1CCC(C=CC2CCC(C)CC2)CC1. The van der Waals surface area contributed by atoms with Crippen molar-refractivity contribution < 1.29 is 4.74 Å². The van der Waals surface area contributed by atoms with Crippen molar-refractivity contribution in [3.8, 4) is 0 Å². The largest absolute Gasteiger partial charge is 0.378 e. The van der Waals surface area contributed by atoms with Crippen LogP contribution in [0.25, 0.3) is 0 Å². The smallest absolute Gasteiger partial charge is 0.0575 e. The summed E-state index contributed by atoms with van der Waals surface area (Å²) in [4.78, 5) is 0. The molecule has 2 rings (SSSR count). The first-order valence-electron chi connectivity index (χ1n) is 9.07. The summed E-state index contributed by atoms with van der Waals surface area (Å²) in [6.07, 6.45) is 19.1. The van der Waals surface area contributed by atoms with Gasteiger partial charge in [0, 0.05) is 6.61 Å². The molecular formula is C19H34O. The summed E-state index contributed by atoms with van der Waals surface area (Å²) in [5, 5.41) is 0. The van der Waals surface area contributed by atoms with Gasteiger partial charge in [-0.05, 0) is 62.7 Å². The van der Waals surface area contributed by atoms with E-state index in [2.05, 4.69) is 26.0 Å². The van der Waals surface area contributed by atoms with E-state index >= 15 is 0 Å². The highest BCUT2D eigenvalue weighted by atomic mass is 16.5. The highest BCUT2D eigenvalue weighted by Gasteiger charge is 2.21. The zero-order chi connectivity index (χ0) is 14.2. The van der Waals surface area contributed by atoms with Crippen molar-refractivity contribution in [3.63, 3.8) is 0 Å². The molecule has 0 unspecified atom stereocenters. The van der Waals surface area contributed by atoms with Crippen LogP contribution in [0.3, 0.4) is 0 Å². The molecule has 2 aliphatic carbocycles. The first-order valence-corrected chi connectivity index (χ1v) is 9.07. The van der Waals surface area contributed by atoms with E-state index in [1.54, 1.807) is 0 Å². The van der Waals surface area contributed by atoms with Gasteiger partial charge in [0.2, 0.25) is 0 Å². The third-order valence-corrected chi connectivity index (χ3v) is 5.29. The van der Waals surface area contributed by atoms with Crippen LogP contribution in [0.1, 0.15) is 78.1 Å². The van der Waals surface area contributed by atoms with E-state index in [4.69, 9.17) is 4.74 Å². The Morgan fingerprint density at radius 1 is 0.850 bits per heavy atom. The molecule has 2 saturated carbocycles. The molecule has 0 aromatic rings. The zero-order valence-electron chi connectivity index (χ0n) is 13.7. The van der Waals surface area contributed by atoms with Gasteiger partial charge in [-0.25, -0.2) is 0 Å². The average Bonchev–Trinajstić information content (AvgIpc) is 2.48. The predicted molar refractivity (Wildman–Crippen MR) is 86.9 cm³/mol. The van der Waals surface area contributed by atoms with Crippen LogP contribution < -0.4 is 0 Å². The molecule has 1 nitrogen and oxygen atoms in total. The zero-order valence-corrected chi connectivity index (χ0v) is 13.7. The molecule has 0 aliphatic heterocycles. The molecule has 0 aromatic heterocycles. The van der Waals surface area contributed by atoms with Crippen LogP contribution in [0.4, 0.5) is 0 Å². The fourth-order valence-electron chi connectivity index (χ4n) is 3.63. The van der Waals surface area contributed by atoms with Gasteiger partial charge < -0.3 is 4.74 Å². The van der Waals surface area contributed by atoms with Gasteiger partial charge in [0.15, 0.2) is 0 Å². The molecule has 0 radical (unpaired) electrons. The number of allylic oxidation sites excluding steroid dienone is 2. The molecule has 116 valence electrons. The van der Waals surface area contributed by atoms with E-state index in [-0.39, 0.29) is 0 Å². The summed E-state index contributed by atoms with van der Waals surface area (Å²) in [5.74, 6) is 2.68. The van der Waals surface area contributed by atoms with Gasteiger partial charge in [-0.1, -0.05) is 45.3 Å². The molecule has 0 spiro atoms. The van der Waals surface area contributed by atoms with Crippen LogP contribution in [0.5, 0.6) is 0 Å². The molecule has 0 atom stereocenters. The normalized spacial score (nSPS) is 35.5. The summed E-state index contributed by atoms with van der Waals surface area (Å²) in [7, 11) is 0. The Morgan fingerprint density at radius 3 is 1.95 bits per heavy atom. The molecule has 0 aromatic carbocycles. The summed E-state index contributed by atoms with van der Waals surface area (Å²) in [6.45, 7) is 5.61. The van der Waals surface area contributed by atoms with Crippen molar-refractivity contribution in [1.29, 1.82) is 0 Å². The predicted octanol–water partition coefficient (Wildman–Crippen LogP) is 5.74. The Hall–Kier alpha value is -0.300. The monoisotopic (exact) mass is 278 g/mol. The molecule has 2 fully saturated rings. The second-order valence-corrected chi connectivity index (χ2v) is 7.17. The molecule has 0 saturated heterocycles. The Morgan fingerprint density at radius 2 is 1.40 bits per heavy atom. The lowest BCUT2D eigenvalue weighted by molar-refractivity contribution is 0.0208. The number of unbranched alkanes of at least 4 members (excludes halogenated alkanes) is 1. The lowest BCUT2D eigenvalue weighted by Gasteiger charge is -2.28. The number of hydrogen-bond acceptors (Lipinski definition) is 1. The quantitative estimate of drug-likeness (QED) is 0.444. The maximum Gasteiger partial charge on any atom is 0.0575 e. The Labute approximate surface area is 126 Å². The van der Waals surface area contributed by atoms with E-state index in [0.29, 0.717) is 6.10 Å². The van der Waals surface area contributed by atoms with Crippen LogP contribution in [0.15, 0.2) is 12.2 Å². The maximum atomic E-state index is 5.95. The first-order chi connectivity index (χ1) is 9.78. The summed E-state index contributed by atoms with van der Waals surface area (Å²) in [5.41, 5.74) is 0. The Kier molecular flexibility index (Phi) is 7.13. The standard InChI is InChI=1S/C19H34O/c1-3-4-15-20-19-13-11-18(12-14-19)10-9-17-7-5-16(2)6-8-17/h9-10,16-19H,3-8,11-15H2,1-2H3. The van der Waals surface area contributed by atoms with E-state index in [9.17, 15) is 0 Å². The van der Waals surface area contributed by atoms with Gasteiger partial charge in [0.25, 0.3) is 0 Å². The van der Waals surface area contributed by atoms with E-state index < -0.39 is 0 Å². The summed E-state index contributed by atoms with van der Waals surface area (Å²) >= 11 is 0. The summed E-state index contributed by atoms with van der Waals surface area (Å²) in [6, 6.07) is 0. The number of hydrogen-bond donors (Lipinski definition) is 0. The molecule has 2 aliphatic rings.